The Morgan fingerprint density at radius 1 is 0.947 bits per heavy atom. The Morgan fingerprint density at radius 2 is 1.53 bits per heavy atom. The second-order valence-electron chi connectivity index (χ2n) is 4.70. The summed E-state index contributed by atoms with van der Waals surface area (Å²) in [6.45, 7) is 0.782. The van der Waals surface area contributed by atoms with Crippen molar-refractivity contribution in [3.63, 3.8) is 0 Å². The van der Waals surface area contributed by atoms with Crippen LogP contribution in [0.3, 0.4) is 0 Å². The van der Waals surface area contributed by atoms with Gasteiger partial charge in [0.25, 0.3) is 0 Å². The molecule has 0 saturated carbocycles. The molecule has 2 rings (SSSR count). The van der Waals surface area contributed by atoms with Gasteiger partial charge in [0.15, 0.2) is 0 Å². The summed E-state index contributed by atoms with van der Waals surface area (Å²) in [7, 11) is 1.75. The van der Waals surface area contributed by atoms with E-state index < -0.39 is 0 Å². The lowest BCUT2D eigenvalue weighted by Crippen LogP contribution is -2.12. The first-order valence-electron chi connectivity index (χ1n) is 6.67. The van der Waals surface area contributed by atoms with Crippen molar-refractivity contribution < 1.29 is 4.74 Å². The minimum absolute atomic E-state index is 0.518. The number of pyridine rings is 2. The van der Waals surface area contributed by atoms with Crippen molar-refractivity contribution in [2.24, 2.45) is 5.92 Å². The summed E-state index contributed by atoms with van der Waals surface area (Å²) < 4.78 is 5.21. The Bertz CT molecular complexity index is 417. The molecule has 2 aromatic heterocycles. The second-order valence-corrected chi connectivity index (χ2v) is 4.70. The molecule has 0 amide bonds. The third-order valence-corrected chi connectivity index (χ3v) is 3.18. The Balaban J connectivity index is 1.99. The summed E-state index contributed by atoms with van der Waals surface area (Å²) in [5.74, 6) is 0.518. The number of methoxy groups -OCH3 is 1. The SMILES string of the molecule is COCCC(Cc1ccccn1)Cc1ccccn1. The average Bonchev–Trinajstić information content (AvgIpc) is 2.47. The van der Waals surface area contributed by atoms with Crippen LogP contribution in [0, 0.1) is 5.92 Å². The van der Waals surface area contributed by atoms with Crippen LogP contribution in [0.5, 0.6) is 0 Å². The first-order chi connectivity index (χ1) is 9.38. The molecule has 2 aromatic rings. The molecule has 0 aliphatic carbocycles. The fourth-order valence-corrected chi connectivity index (χ4v) is 2.19. The smallest absolute Gasteiger partial charge is 0.0465 e. The maximum absolute atomic E-state index is 5.21. The van der Waals surface area contributed by atoms with Gasteiger partial charge < -0.3 is 4.74 Å². The zero-order valence-corrected chi connectivity index (χ0v) is 11.3. The van der Waals surface area contributed by atoms with E-state index in [-0.39, 0.29) is 0 Å². The largest absolute Gasteiger partial charge is 0.385 e. The molecule has 2 heterocycles. The molecule has 0 N–H and O–H groups in total. The highest BCUT2D eigenvalue weighted by Crippen LogP contribution is 2.16. The van der Waals surface area contributed by atoms with Gasteiger partial charge in [0.2, 0.25) is 0 Å². The molecule has 100 valence electrons. The summed E-state index contributed by atoms with van der Waals surface area (Å²) in [6, 6.07) is 12.1. The summed E-state index contributed by atoms with van der Waals surface area (Å²) in [5.41, 5.74) is 2.28. The van der Waals surface area contributed by atoms with Crippen LogP contribution in [-0.2, 0) is 17.6 Å². The molecule has 3 nitrogen and oxygen atoms in total. The van der Waals surface area contributed by atoms with Crippen LogP contribution in [0.2, 0.25) is 0 Å². The lowest BCUT2D eigenvalue weighted by molar-refractivity contribution is 0.176. The molecule has 19 heavy (non-hydrogen) atoms. The maximum atomic E-state index is 5.21. The van der Waals surface area contributed by atoms with E-state index in [2.05, 4.69) is 22.1 Å². The van der Waals surface area contributed by atoms with Crippen molar-refractivity contribution in [1.82, 2.24) is 9.97 Å². The van der Waals surface area contributed by atoms with E-state index in [9.17, 15) is 0 Å². The molecular weight excluding hydrogens is 236 g/mol. The predicted molar refractivity (Wildman–Crippen MR) is 75.9 cm³/mol. The molecular formula is C16H20N2O. The average molecular weight is 256 g/mol. The van der Waals surface area contributed by atoms with E-state index in [1.54, 1.807) is 7.11 Å². The fourth-order valence-electron chi connectivity index (χ4n) is 2.19. The van der Waals surface area contributed by atoms with Gasteiger partial charge >= 0.3 is 0 Å². The molecule has 0 aliphatic rings. The highest BCUT2D eigenvalue weighted by atomic mass is 16.5. The third-order valence-electron chi connectivity index (χ3n) is 3.18. The van der Waals surface area contributed by atoms with Crippen molar-refractivity contribution in [1.29, 1.82) is 0 Å². The molecule has 0 atom stereocenters. The highest BCUT2D eigenvalue weighted by Gasteiger charge is 2.12. The van der Waals surface area contributed by atoms with Crippen LogP contribution in [0.15, 0.2) is 48.8 Å². The number of hydrogen-bond acceptors (Lipinski definition) is 3. The topological polar surface area (TPSA) is 35.0 Å². The minimum Gasteiger partial charge on any atom is -0.385 e. The molecule has 0 aromatic carbocycles. The van der Waals surface area contributed by atoms with E-state index in [0.29, 0.717) is 5.92 Å². The fraction of sp³-hybridized carbons (Fsp3) is 0.375. The van der Waals surface area contributed by atoms with E-state index in [1.165, 1.54) is 0 Å². The van der Waals surface area contributed by atoms with Crippen LogP contribution in [0.1, 0.15) is 17.8 Å². The Kier molecular flexibility index (Phi) is 5.50. The minimum atomic E-state index is 0.518. The van der Waals surface area contributed by atoms with Crippen molar-refractivity contribution >= 4 is 0 Å². The van der Waals surface area contributed by atoms with Gasteiger partial charge in [0, 0.05) is 37.5 Å². The van der Waals surface area contributed by atoms with Gasteiger partial charge in [-0.1, -0.05) is 12.1 Å². The summed E-state index contributed by atoms with van der Waals surface area (Å²) in [4.78, 5) is 8.81. The summed E-state index contributed by atoms with van der Waals surface area (Å²) >= 11 is 0. The van der Waals surface area contributed by atoms with Crippen LogP contribution in [-0.4, -0.2) is 23.7 Å². The molecule has 0 fully saturated rings. The monoisotopic (exact) mass is 256 g/mol. The maximum Gasteiger partial charge on any atom is 0.0465 e. The van der Waals surface area contributed by atoms with Crippen molar-refractivity contribution in [3.05, 3.63) is 60.2 Å². The number of rotatable bonds is 7. The number of hydrogen-bond donors (Lipinski definition) is 0. The van der Waals surface area contributed by atoms with Gasteiger partial charge in [-0.2, -0.15) is 0 Å². The van der Waals surface area contributed by atoms with Gasteiger partial charge in [-0.25, -0.2) is 0 Å². The van der Waals surface area contributed by atoms with Crippen LogP contribution in [0.4, 0.5) is 0 Å². The molecule has 0 radical (unpaired) electrons. The van der Waals surface area contributed by atoms with Crippen molar-refractivity contribution in [3.8, 4) is 0 Å². The summed E-state index contributed by atoms with van der Waals surface area (Å²) in [6.07, 6.45) is 6.68. The molecule has 0 aliphatic heterocycles. The van der Waals surface area contributed by atoms with E-state index >= 15 is 0 Å². The Hall–Kier alpha value is -1.74. The molecule has 0 bridgehead atoms. The molecule has 0 unspecified atom stereocenters. The van der Waals surface area contributed by atoms with Gasteiger partial charge in [-0.3, -0.25) is 9.97 Å². The highest BCUT2D eigenvalue weighted by molar-refractivity contribution is 5.08. The van der Waals surface area contributed by atoms with Crippen LogP contribution in [0.25, 0.3) is 0 Å². The normalized spacial score (nSPS) is 10.8. The molecule has 3 heteroatoms. The van der Waals surface area contributed by atoms with Crippen LogP contribution < -0.4 is 0 Å². The van der Waals surface area contributed by atoms with Gasteiger partial charge in [0.05, 0.1) is 0 Å². The number of aromatic nitrogens is 2. The lowest BCUT2D eigenvalue weighted by Gasteiger charge is -2.15. The zero-order valence-electron chi connectivity index (χ0n) is 11.3. The zero-order chi connectivity index (χ0) is 13.3. The number of nitrogens with zero attached hydrogens (tertiary/aromatic N) is 2. The van der Waals surface area contributed by atoms with Crippen molar-refractivity contribution in [2.45, 2.75) is 19.3 Å². The Labute approximate surface area is 114 Å². The van der Waals surface area contributed by atoms with E-state index in [1.807, 2.05) is 36.7 Å². The lowest BCUT2D eigenvalue weighted by atomic mass is 9.94. The first kappa shape index (κ1) is 13.7. The molecule has 0 saturated heterocycles. The quantitative estimate of drug-likeness (QED) is 0.764. The second kappa shape index (κ2) is 7.64. The number of ether oxygens (including phenoxy) is 1. The first-order valence-corrected chi connectivity index (χ1v) is 6.67. The van der Waals surface area contributed by atoms with Crippen LogP contribution >= 0.6 is 0 Å². The third kappa shape index (κ3) is 4.79. The van der Waals surface area contributed by atoms with Crippen molar-refractivity contribution in [2.75, 3.05) is 13.7 Å². The predicted octanol–water partition coefficient (Wildman–Crippen LogP) is 2.91. The van der Waals surface area contributed by atoms with E-state index in [0.717, 1.165) is 37.3 Å². The molecule has 0 spiro atoms. The standard InChI is InChI=1S/C16H20N2O/c1-19-11-8-14(12-15-6-2-4-9-17-15)13-16-7-3-5-10-18-16/h2-7,9-10,14H,8,11-13H2,1H3. The van der Waals surface area contributed by atoms with Gasteiger partial charge in [-0.05, 0) is 49.4 Å². The van der Waals surface area contributed by atoms with Gasteiger partial charge in [0.1, 0.15) is 0 Å². The summed E-state index contributed by atoms with van der Waals surface area (Å²) in [5, 5.41) is 0. The van der Waals surface area contributed by atoms with E-state index in [4.69, 9.17) is 4.74 Å². The van der Waals surface area contributed by atoms with Gasteiger partial charge in [-0.15, -0.1) is 0 Å². The Morgan fingerprint density at radius 3 is 1.95 bits per heavy atom.